The topological polar surface area (TPSA) is 63.0 Å². The van der Waals surface area contributed by atoms with E-state index in [1.165, 1.54) is 0 Å². The molecule has 1 saturated heterocycles. The predicted molar refractivity (Wildman–Crippen MR) is 109 cm³/mol. The minimum atomic E-state index is 0.0313. The molecule has 1 aliphatic rings. The normalized spacial score (nSPS) is 17.0. The van der Waals surface area contributed by atoms with Crippen LogP contribution in [0.5, 0.6) is 0 Å². The summed E-state index contributed by atoms with van der Waals surface area (Å²) in [5, 5.41) is 3.12. The summed E-state index contributed by atoms with van der Waals surface area (Å²) in [4.78, 5) is 26.2. The summed E-state index contributed by atoms with van der Waals surface area (Å²) >= 11 is 1.65. The van der Waals surface area contributed by atoms with Crippen molar-refractivity contribution in [2.75, 3.05) is 33.3 Å². The van der Waals surface area contributed by atoms with Gasteiger partial charge >= 0.3 is 0 Å². The Hall–Kier alpha value is -2.29. The van der Waals surface area contributed by atoms with Gasteiger partial charge in [0.05, 0.1) is 11.3 Å². The number of rotatable bonds is 5. The number of methoxy groups -OCH3 is 1. The largest absolute Gasteiger partial charge is 0.375 e. The molecular weight excluding hydrogens is 374 g/mol. The molecule has 1 atom stereocenters. The molecule has 0 saturated carbocycles. The maximum atomic E-state index is 12.9. The number of aromatic nitrogens is 3. The molecule has 3 aromatic rings. The number of carbonyl (C=O) groups is 1. The second-order valence-electron chi connectivity index (χ2n) is 7.09. The van der Waals surface area contributed by atoms with E-state index in [0.717, 1.165) is 55.5 Å². The van der Waals surface area contributed by atoms with Gasteiger partial charge in [0, 0.05) is 63.8 Å². The molecule has 8 heteroatoms. The Bertz CT molecular complexity index is 953. The average Bonchev–Trinajstić information content (AvgIpc) is 3.31. The van der Waals surface area contributed by atoms with Crippen LogP contribution in [0.1, 0.15) is 40.5 Å². The summed E-state index contributed by atoms with van der Waals surface area (Å²) in [7, 11) is 1.71. The molecule has 0 unspecified atom stereocenters. The number of pyridine rings is 1. The first-order valence-corrected chi connectivity index (χ1v) is 10.4. The Morgan fingerprint density at radius 2 is 2.18 bits per heavy atom. The quantitative estimate of drug-likeness (QED) is 0.660. The number of thiazole rings is 1. The van der Waals surface area contributed by atoms with E-state index in [9.17, 15) is 4.79 Å². The van der Waals surface area contributed by atoms with Gasteiger partial charge in [-0.15, -0.1) is 11.3 Å². The predicted octanol–water partition coefficient (Wildman–Crippen LogP) is 2.85. The lowest BCUT2D eigenvalue weighted by Gasteiger charge is -2.21. The minimum Gasteiger partial charge on any atom is -0.375 e. The number of carbonyl (C=O) groups excluding carboxylic acids is 1. The van der Waals surface area contributed by atoms with Gasteiger partial charge in [0.25, 0.3) is 5.91 Å². The van der Waals surface area contributed by atoms with Crippen LogP contribution in [-0.2, 0) is 11.3 Å². The molecule has 1 aliphatic heterocycles. The number of hydrogen-bond donors (Lipinski definition) is 0. The molecule has 3 aromatic heterocycles. The van der Waals surface area contributed by atoms with Crippen molar-refractivity contribution in [2.24, 2.45) is 0 Å². The maximum Gasteiger partial charge on any atom is 0.255 e. The van der Waals surface area contributed by atoms with Gasteiger partial charge < -0.3 is 14.0 Å². The molecular formula is C20H25N5O2S. The van der Waals surface area contributed by atoms with Crippen molar-refractivity contribution >= 4 is 22.9 Å². The SMILES string of the molecule is CO[C@H](C)c1nc(CN2CCCN(C(=O)c3ccc4nccn4c3)CC2)cs1. The van der Waals surface area contributed by atoms with E-state index in [2.05, 4.69) is 15.3 Å². The van der Waals surface area contributed by atoms with Crippen molar-refractivity contribution in [1.82, 2.24) is 24.2 Å². The highest BCUT2D eigenvalue weighted by Crippen LogP contribution is 2.21. The van der Waals surface area contributed by atoms with Crippen molar-refractivity contribution < 1.29 is 9.53 Å². The van der Waals surface area contributed by atoms with Crippen molar-refractivity contribution in [3.05, 3.63) is 52.4 Å². The highest BCUT2D eigenvalue weighted by atomic mass is 32.1. The van der Waals surface area contributed by atoms with Crippen LogP contribution in [0.3, 0.4) is 0 Å². The first-order valence-electron chi connectivity index (χ1n) is 9.55. The molecule has 4 heterocycles. The summed E-state index contributed by atoms with van der Waals surface area (Å²) in [5.74, 6) is 0.0855. The molecule has 0 radical (unpaired) electrons. The van der Waals surface area contributed by atoms with Crippen molar-refractivity contribution in [1.29, 1.82) is 0 Å². The fraction of sp³-hybridized carbons (Fsp3) is 0.450. The smallest absolute Gasteiger partial charge is 0.255 e. The Labute approximate surface area is 168 Å². The van der Waals surface area contributed by atoms with E-state index in [-0.39, 0.29) is 12.0 Å². The fourth-order valence-electron chi connectivity index (χ4n) is 3.47. The number of hydrogen-bond acceptors (Lipinski definition) is 6. The van der Waals surface area contributed by atoms with Crippen LogP contribution < -0.4 is 0 Å². The molecule has 0 aliphatic carbocycles. The summed E-state index contributed by atoms with van der Waals surface area (Å²) in [6.45, 7) is 6.16. The lowest BCUT2D eigenvalue weighted by atomic mass is 10.2. The zero-order valence-corrected chi connectivity index (χ0v) is 17.1. The van der Waals surface area contributed by atoms with Crippen molar-refractivity contribution in [3.63, 3.8) is 0 Å². The number of imidazole rings is 1. The summed E-state index contributed by atoms with van der Waals surface area (Å²) in [6, 6.07) is 3.75. The third-order valence-electron chi connectivity index (χ3n) is 5.17. The van der Waals surface area contributed by atoms with Crippen LogP contribution >= 0.6 is 11.3 Å². The van der Waals surface area contributed by atoms with Crippen molar-refractivity contribution in [2.45, 2.75) is 26.0 Å². The Kier molecular flexibility index (Phi) is 5.70. The molecule has 7 nitrogen and oxygen atoms in total. The number of fused-ring (bicyclic) bond motifs is 1. The van der Waals surface area contributed by atoms with E-state index in [1.54, 1.807) is 24.6 Å². The van der Waals surface area contributed by atoms with Crippen LogP contribution in [0.2, 0.25) is 0 Å². The van der Waals surface area contributed by atoms with Gasteiger partial charge in [-0.2, -0.15) is 0 Å². The van der Waals surface area contributed by atoms with Crippen LogP contribution in [0.25, 0.3) is 5.65 Å². The summed E-state index contributed by atoms with van der Waals surface area (Å²) < 4.78 is 7.24. The van der Waals surface area contributed by atoms with Gasteiger partial charge in [-0.1, -0.05) is 0 Å². The monoisotopic (exact) mass is 399 g/mol. The average molecular weight is 400 g/mol. The molecule has 0 aromatic carbocycles. The van der Waals surface area contributed by atoms with E-state index < -0.39 is 0 Å². The van der Waals surface area contributed by atoms with E-state index in [4.69, 9.17) is 9.72 Å². The highest BCUT2D eigenvalue weighted by molar-refractivity contribution is 7.09. The zero-order chi connectivity index (χ0) is 19.5. The Morgan fingerprint density at radius 1 is 1.29 bits per heavy atom. The van der Waals surface area contributed by atoms with Crippen LogP contribution in [0.4, 0.5) is 0 Å². The molecule has 0 spiro atoms. The van der Waals surface area contributed by atoms with E-state index in [1.807, 2.05) is 40.8 Å². The van der Waals surface area contributed by atoms with Gasteiger partial charge in [-0.3, -0.25) is 9.69 Å². The Morgan fingerprint density at radius 3 is 3.04 bits per heavy atom. The van der Waals surface area contributed by atoms with Gasteiger partial charge in [-0.05, 0) is 25.5 Å². The van der Waals surface area contributed by atoms with Gasteiger partial charge in [-0.25, -0.2) is 9.97 Å². The number of nitrogens with zero attached hydrogens (tertiary/aromatic N) is 5. The molecule has 1 fully saturated rings. The fourth-order valence-corrected chi connectivity index (χ4v) is 4.31. The summed E-state index contributed by atoms with van der Waals surface area (Å²) in [5.41, 5.74) is 2.63. The molecule has 4 rings (SSSR count). The Balaban J connectivity index is 1.37. The maximum absolute atomic E-state index is 12.9. The van der Waals surface area contributed by atoms with Gasteiger partial charge in [0.1, 0.15) is 16.8 Å². The van der Waals surface area contributed by atoms with E-state index in [0.29, 0.717) is 5.56 Å². The van der Waals surface area contributed by atoms with Crippen molar-refractivity contribution in [3.8, 4) is 0 Å². The zero-order valence-electron chi connectivity index (χ0n) is 16.2. The second kappa shape index (κ2) is 8.38. The van der Waals surface area contributed by atoms with Gasteiger partial charge in [0.2, 0.25) is 0 Å². The first kappa shape index (κ1) is 19.0. The lowest BCUT2D eigenvalue weighted by Crippen LogP contribution is -2.35. The molecule has 0 N–H and O–H groups in total. The van der Waals surface area contributed by atoms with Gasteiger partial charge in [0.15, 0.2) is 0 Å². The molecule has 28 heavy (non-hydrogen) atoms. The third kappa shape index (κ3) is 4.09. The third-order valence-corrected chi connectivity index (χ3v) is 6.22. The highest BCUT2D eigenvalue weighted by Gasteiger charge is 2.21. The second-order valence-corrected chi connectivity index (χ2v) is 7.98. The minimum absolute atomic E-state index is 0.0313. The molecule has 0 bridgehead atoms. The standard InChI is InChI=1S/C20H25N5O2S/c1-15(27-2)19-22-17(14-28-19)13-23-7-3-8-24(11-10-23)20(26)16-4-5-18-21-6-9-25(18)12-16/h4-6,9,12,14-15H,3,7-8,10-11,13H2,1-2H3/t15-/m1/s1. The van der Waals surface area contributed by atoms with Crippen LogP contribution in [0, 0.1) is 0 Å². The molecule has 148 valence electrons. The lowest BCUT2D eigenvalue weighted by molar-refractivity contribution is 0.0760. The first-order chi connectivity index (χ1) is 13.6. The summed E-state index contributed by atoms with van der Waals surface area (Å²) in [6.07, 6.45) is 6.46. The molecule has 1 amide bonds. The number of ether oxygens (including phenoxy) is 1. The number of amides is 1. The van der Waals surface area contributed by atoms with Crippen LogP contribution in [0.15, 0.2) is 36.1 Å². The van der Waals surface area contributed by atoms with Crippen LogP contribution in [-0.4, -0.2) is 63.4 Å². The van der Waals surface area contributed by atoms with E-state index >= 15 is 0 Å².